The van der Waals surface area contributed by atoms with Crippen LogP contribution >= 0.6 is 0 Å². The summed E-state index contributed by atoms with van der Waals surface area (Å²) in [5.74, 6) is 0.758. The molecule has 2 heterocycles. The lowest BCUT2D eigenvalue weighted by Gasteiger charge is -2.44. The number of benzene rings is 1. The molecule has 3 rings (SSSR count). The molecule has 2 aliphatic heterocycles. The van der Waals surface area contributed by atoms with Gasteiger partial charge in [0.15, 0.2) is 0 Å². The Bertz CT molecular complexity index is 728. The van der Waals surface area contributed by atoms with E-state index in [9.17, 15) is 9.59 Å². The Morgan fingerprint density at radius 1 is 1.07 bits per heavy atom. The summed E-state index contributed by atoms with van der Waals surface area (Å²) in [4.78, 5) is 32.3. The molecular formula is C23H35N3O4. The number of hydrogen-bond donors (Lipinski definition) is 0. The molecule has 0 unspecified atom stereocenters. The van der Waals surface area contributed by atoms with Crippen molar-refractivity contribution in [3.05, 3.63) is 29.8 Å². The van der Waals surface area contributed by atoms with Crippen molar-refractivity contribution in [3.8, 4) is 5.75 Å². The van der Waals surface area contributed by atoms with Crippen LogP contribution in [0, 0.1) is 0 Å². The number of amides is 3. The molecule has 2 saturated heterocycles. The predicted molar refractivity (Wildman–Crippen MR) is 116 cm³/mol. The Balaban J connectivity index is 1.77. The quantitative estimate of drug-likeness (QED) is 0.578. The topological polar surface area (TPSA) is 62.3 Å². The number of rotatable bonds is 9. The molecule has 2 aliphatic rings. The van der Waals surface area contributed by atoms with Crippen LogP contribution in [0.4, 0.5) is 4.79 Å². The summed E-state index contributed by atoms with van der Waals surface area (Å²) in [5, 5.41) is 0. The number of likely N-dealkylation sites (tertiary alicyclic amines) is 1. The van der Waals surface area contributed by atoms with Gasteiger partial charge < -0.3 is 19.3 Å². The Kier molecular flexibility index (Phi) is 7.36. The lowest BCUT2D eigenvalue weighted by Crippen LogP contribution is -2.58. The molecule has 0 aliphatic carbocycles. The molecule has 1 spiro atoms. The Hall–Kier alpha value is -2.12. The lowest BCUT2D eigenvalue weighted by molar-refractivity contribution is -0.136. The van der Waals surface area contributed by atoms with E-state index in [-0.39, 0.29) is 11.9 Å². The average molecular weight is 418 g/mol. The molecule has 7 nitrogen and oxygen atoms in total. The summed E-state index contributed by atoms with van der Waals surface area (Å²) in [6.45, 7) is 7.29. The van der Waals surface area contributed by atoms with Crippen molar-refractivity contribution in [1.82, 2.24) is 14.7 Å². The molecule has 1 atom stereocenters. The molecule has 0 N–H and O–H groups in total. The molecule has 0 radical (unpaired) electrons. The van der Waals surface area contributed by atoms with Gasteiger partial charge in [0, 0.05) is 32.8 Å². The summed E-state index contributed by atoms with van der Waals surface area (Å²) in [5.41, 5.74) is 0.403. The van der Waals surface area contributed by atoms with Crippen molar-refractivity contribution in [1.29, 1.82) is 0 Å². The minimum atomic E-state index is -0.721. The van der Waals surface area contributed by atoms with Crippen LogP contribution < -0.4 is 4.74 Å². The second-order valence-corrected chi connectivity index (χ2v) is 8.31. The summed E-state index contributed by atoms with van der Waals surface area (Å²) in [6, 6.07) is 8.20. The maximum Gasteiger partial charge on any atom is 0.327 e. The third-order valence-electron chi connectivity index (χ3n) is 6.76. The van der Waals surface area contributed by atoms with Gasteiger partial charge in [-0.2, -0.15) is 0 Å². The van der Waals surface area contributed by atoms with E-state index in [1.165, 1.54) is 4.90 Å². The molecule has 2 fully saturated rings. The van der Waals surface area contributed by atoms with Crippen molar-refractivity contribution in [2.45, 2.75) is 51.1 Å². The molecule has 166 valence electrons. The molecule has 7 heteroatoms. The van der Waals surface area contributed by atoms with Gasteiger partial charge in [0.1, 0.15) is 11.3 Å². The fourth-order valence-electron chi connectivity index (χ4n) is 4.58. The van der Waals surface area contributed by atoms with E-state index in [0.29, 0.717) is 45.0 Å². The molecule has 3 amide bonds. The first-order valence-electron chi connectivity index (χ1n) is 11.0. The van der Waals surface area contributed by atoms with Crippen LogP contribution in [0.15, 0.2) is 24.3 Å². The minimum absolute atomic E-state index is 0.0527. The van der Waals surface area contributed by atoms with Gasteiger partial charge in [-0.1, -0.05) is 19.1 Å². The van der Waals surface area contributed by atoms with E-state index in [1.54, 1.807) is 14.2 Å². The van der Waals surface area contributed by atoms with Crippen LogP contribution in [0.1, 0.15) is 38.7 Å². The highest BCUT2D eigenvalue weighted by Crippen LogP contribution is 2.38. The smallest absolute Gasteiger partial charge is 0.327 e. The zero-order valence-corrected chi connectivity index (χ0v) is 18.7. The zero-order chi connectivity index (χ0) is 21.7. The number of hydrogen-bond acceptors (Lipinski definition) is 5. The maximum absolute atomic E-state index is 13.4. The molecule has 1 aromatic carbocycles. The number of ether oxygens (including phenoxy) is 2. The van der Waals surface area contributed by atoms with Crippen molar-refractivity contribution in [2.75, 3.05) is 47.0 Å². The number of methoxy groups -OCH3 is 2. The standard InChI is InChI=1S/C23H35N3O4/c1-5-18(2)24-14-11-23(12-15-24)21(27)25(16-17-29-3)22(28)26(23)13-10-19-6-8-20(30-4)9-7-19/h6-9,18H,5,10-17H2,1-4H3/t18-/m0/s1. The average Bonchev–Trinajstić information content (AvgIpc) is 2.97. The van der Waals surface area contributed by atoms with E-state index in [1.807, 2.05) is 29.2 Å². The van der Waals surface area contributed by atoms with E-state index in [4.69, 9.17) is 9.47 Å². The van der Waals surface area contributed by atoms with Crippen molar-refractivity contribution in [3.63, 3.8) is 0 Å². The van der Waals surface area contributed by atoms with Gasteiger partial charge in [-0.05, 0) is 50.3 Å². The monoisotopic (exact) mass is 417 g/mol. The highest BCUT2D eigenvalue weighted by molar-refractivity contribution is 6.07. The molecular weight excluding hydrogens is 382 g/mol. The van der Waals surface area contributed by atoms with Crippen molar-refractivity contribution < 1.29 is 19.1 Å². The second kappa shape index (κ2) is 9.79. The van der Waals surface area contributed by atoms with Crippen molar-refractivity contribution >= 4 is 11.9 Å². The summed E-state index contributed by atoms with van der Waals surface area (Å²) < 4.78 is 10.4. The number of nitrogens with zero attached hydrogens (tertiary/aromatic N) is 3. The molecule has 0 aromatic heterocycles. The van der Waals surface area contributed by atoms with Gasteiger partial charge in [-0.25, -0.2) is 4.79 Å². The largest absolute Gasteiger partial charge is 0.497 e. The fraction of sp³-hybridized carbons (Fsp3) is 0.652. The van der Waals surface area contributed by atoms with Gasteiger partial charge in [0.25, 0.3) is 5.91 Å². The molecule has 1 aromatic rings. The second-order valence-electron chi connectivity index (χ2n) is 8.31. The van der Waals surface area contributed by atoms with E-state index in [0.717, 1.165) is 30.8 Å². The number of piperidine rings is 1. The van der Waals surface area contributed by atoms with E-state index < -0.39 is 5.54 Å². The summed E-state index contributed by atoms with van der Waals surface area (Å²) in [6.07, 6.45) is 3.17. The third kappa shape index (κ3) is 4.32. The van der Waals surface area contributed by atoms with Crippen LogP contribution in [0.2, 0.25) is 0 Å². The number of carbonyl (C=O) groups is 2. The van der Waals surface area contributed by atoms with Crippen LogP contribution in [-0.4, -0.2) is 85.2 Å². The molecule has 0 bridgehead atoms. The Morgan fingerprint density at radius 2 is 1.73 bits per heavy atom. The highest BCUT2D eigenvalue weighted by Gasteiger charge is 2.57. The van der Waals surface area contributed by atoms with Crippen molar-refractivity contribution in [2.24, 2.45) is 0 Å². The van der Waals surface area contributed by atoms with Gasteiger partial charge >= 0.3 is 6.03 Å². The van der Waals surface area contributed by atoms with Crippen LogP contribution in [0.3, 0.4) is 0 Å². The van der Waals surface area contributed by atoms with Gasteiger partial charge in [0.05, 0.1) is 20.3 Å². The third-order valence-corrected chi connectivity index (χ3v) is 6.76. The first-order valence-corrected chi connectivity index (χ1v) is 11.0. The maximum atomic E-state index is 13.4. The Labute approximate surface area is 179 Å². The Morgan fingerprint density at radius 3 is 2.30 bits per heavy atom. The van der Waals surface area contributed by atoms with Gasteiger partial charge in [-0.15, -0.1) is 0 Å². The first kappa shape index (κ1) is 22.6. The highest BCUT2D eigenvalue weighted by atomic mass is 16.5. The van der Waals surface area contributed by atoms with Crippen LogP contribution in [0.5, 0.6) is 5.75 Å². The normalized spacial score (nSPS) is 20.3. The summed E-state index contributed by atoms with van der Waals surface area (Å²) >= 11 is 0. The lowest BCUT2D eigenvalue weighted by atomic mass is 9.85. The first-order chi connectivity index (χ1) is 14.5. The summed E-state index contributed by atoms with van der Waals surface area (Å²) in [7, 11) is 3.24. The van der Waals surface area contributed by atoms with Crippen LogP contribution in [0.25, 0.3) is 0 Å². The van der Waals surface area contributed by atoms with Gasteiger partial charge in [0.2, 0.25) is 0 Å². The number of imide groups is 1. The molecule has 30 heavy (non-hydrogen) atoms. The number of urea groups is 1. The van der Waals surface area contributed by atoms with E-state index >= 15 is 0 Å². The SMILES string of the molecule is CC[C@H](C)N1CCC2(CC1)C(=O)N(CCOC)C(=O)N2CCc1ccc(OC)cc1. The predicted octanol–water partition coefficient (Wildman–Crippen LogP) is 2.78. The fourth-order valence-corrected chi connectivity index (χ4v) is 4.58. The number of carbonyl (C=O) groups excluding carboxylic acids is 2. The molecule has 0 saturated carbocycles. The zero-order valence-electron chi connectivity index (χ0n) is 18.7. The van der Waals surface area contributed by atoms with Crippen LogP contribution in [-0.2, 0) is 16.0 Å². The van der Waals surface area contributed by atoms with E-state index in [2.05, 4.69) is 18.7 Å². The van der Waals surface area contributed by atoms with Gasteiger partial charge in [-0.3, -0.25) is 9.69 Å². The minimum Gasteiger partial charge on any atom is -0.497 e.